The Labute approximate surface area is 201 Å². The molecule has 1 aromatic heterocycles. The van der Waals surface area contributed by atoms with Crippen molar-refractivity contribution in [1.82, 2.24) is 20.2 Å². The zero-order valence-electron chi connectivity index (χ0n) is 20.1. The van der Waals surface area contributed by atoms with Gasteiger partial charge in [-0.25, -0.2) is 14.8 Å². The highest BCUT2D eigenvalue weighted by atomic mass is 16.2. The van der Waals surface area contributed by atoms with Crippen molar-refractivity contribution in [3.8, 4) is 0 Å². The molecule has 6 nitrogen and oxygen atoms in total. The predicted octanol–water partition coefficient (Wildman–Crippen LogP) is 4.78. The van der Waals surface area contributed by atoms with Crippen LogP contribution in [0.25, 0.3) is 11.6 Å². The van der Waals surface area contributed by atoms with Gasteiger partial charge in [-0.1, -0.05) is 59.7 Å². The minimum absolute atomic E-state index is 0.0119. The average molecular weight is 454 g/mol. The summed E-state index contributed by atoms with van der Waals surface area (Å²) in [5.74, 6) is 0.972. The lowest BCUT2D eigenvalue weighted by Gasteiger charge is -2.36. The second kappa shape index (κ2) is 9.29. The Morgan fingerprint density at radius 3 is 2.24 bits per heavy atom. The number of benzene rings is 2. The van der Waals surface area contributed by atoms with E-state index in [1.165, 1.54) is 22.3 Å². The molecule has 1 fully saturated rings. The number of piperazine rings is 1. The van der Waals surface area contributed by atoms with Crippen LogP contribution in [0.3, 0.4) is 0 Å². The summed E-state index contributed by atoms with van der Waals surface area (Å²) in [6.07, 6.45) is 4.73. The van der Waals surface area contributed by atoms with Crippen molar-refractivity contribution in [1.29, 1.82) is 0 Å². The largest absolute Gasteiger partial charge is 0.352 e. The molecule has 6 heteroatoms. The summed E-state index contributed by atoms with van der Waals surface area (Å²) in [6, 6.07) is 16.9. The standard InChI is InChI=1S/C28H31N5O/c1-19-4-8-22(9-5-19)21(3)31-28(34)33-14-12-32(13-15-33)27-25-16-24(17-26(25)29-18-30-27)23-10-6-20(2)7-11-23/h4-11,16,18,21H,12-15,17H2,1-3H3,(H,31,34)/t21-/m0/s1. The first kappa shape index (κ1) is 22.1. The molecule has 1 atom stereocenters. The monoisotopic (exact) mass is 453 g/mol. The van der Waals surface area contributed by atoms with Crippen LogP contribution in [0.4, 0.5) is 10.6 Å². The van der Waals surface area contributed by atoms with Gasteiger partial charge in [0.25, 0.3) is 0 Å². The van der Waals surface area contributed by atoms with Crippen LogP contribution in [0.5, 0.6) is 0 Å². The van der Waals surface area contributed by atoms with Gasteiger partial charge >= 0.3 is 6.03 Å². The number of rotatable bonds is 4. The van der Waals surface area contributed by atoms with Gasteiger partial charge in [-0.05, 0) is 43.5 Å². The van der Waals surface area contributed by atoms with E-state index in [1.807, 2.05) is 11.8 Å². The van der Waals surface area contributed by atoms with Gasteiger partial charge in [-0.2, -0.15) is 0 Å². The minimum Gasteiger partial charge on any atom is -0.352 e. The first-order chi connectivity index (χ1) is 16.5. The van der Waals surface area contributed by atoms with Crippen LogP contribution in [0.1, 0.15) is 46.5 Å². The van der Waals surface area contributed by atoms with Crippen molar-refractivity contribution < 1.29 is 4.79 Å². The molecule has 1 saturated heterocycles. The number of hydrogen-bond acceptors (Lipinski definition) is 4. The predicted molar refractivity (Wildman–Crippen MR) is 137 cm³/mol. The number of carbonyl (C=O) groups excluding carboxylic acids is 1. The van der Waals surface area contributed by atoms with E-state index < -0.39 is 0 Å². The van der Waals surface area contributed by atoms with E-state index in [2.05, 4.69) is 88.6 Å². The summed E-state index contributed by atoms with van der Waals surface area (Å²) >= 11 is 0. The highest BCUT2D eigenvalue weighted by Crippen LogP contribution is 2.35. The van der Waals surface area contributed by atoms with E-state index in [1.54, 1.807) is 6.33 Å². The molecule has 0 bridgehead atoms. The summed E-state index contributed by atoms with van der Waals surface area (Å²) < 4.78 is 0. The quantitative estimate of drug-likeness (QED) is 0.617. The number of urea groups is 1. The lowest BCUT2D eigenvalue weighted by molar-refractivity contribution is 0.191. The van der Waals surface area contributed by atoms with Crippen molar-refractivity contribution >= 4 is 23.5 Å². The molecule has 0 spiro atoms. The molecule has 1 N–H and O–H groups in total. The summed E-state index contributed by atoms with van der Waals surface area (Å²) in [4.78, 5) is 26.2. The lowest BCUT2D eigenvalue weighted by Crippen LogP contribution is -2.52. The van der Waals surface area contributed by atoms with Crippen molar-refractivity contribution in [3.05, 3.63) is 88.4 Å². The number of fused-ring (bicyclic) bond motifs is 1. The lowest BCUT2D eigenvalue weighted by atomic mass is 10.0. The first-order valence-electron chi connectivity index (χ1n) is 12.0. The Hall–Kier alpha value is -3.67. The van der Waals surface area contributed by atoms with Gasteiger partial charge in [-0.3, -0.25) is 0 Å². The molecule has 174 valence electrons. The van der Waals surface area contributed by atoms with Crippen LogP contribution in [0.2, 0.25) is 0 Å². The maximum absolute atomic E-state index is 12.9. The fourth-order valence-corrected chi connectivity index (χ4v) is 4.66. The Morgan fingerprint density at radius 2 is 1.56 bits per heavy atom. The SMILES string of the molecule is Cc1ccc(C2=Cc3c(ncnc3N3CCN(C(=O)N[C@@H](C)c4ccc(C)cc4)CC3)C2)cc1. The fraction of sp³-hybridized carbons (Fsp3) is 0.321. The van der Waals surface area contributed by atoms with Crippen molar-refractivity contribution in [3.63, 3.8) is 0 Å². The minimum atomic E-state index is -0.0263. The summed E-state index contributed by atoms with van der Waals surface area (Å²) in [5.41, 5.74) is 8.30. The van der Waals surface area contributed by atoms with Gasteiger partial charge < -0.3 is 15.1 Å². The number of aromatic nitrogens is 2. The number of amides is 2. The van der Waals surface area contributed by atoms with Crippen LogP contribution in [-0.2, 0) is 6.42 Å². The van der Waals surface area contributed by atoms with Crippen LogP contribution < -0.4 is 10.2 Å². The molecule has 2 amide bonds. The molecule has 2 aromatic carbocycles. The number of hydrogen-bond donors (Lipinski definition) is 1. The molecular weight excluding hydrogens is 422 g/mol. The number of nitrogens with one attached hydrogen (secondary N) is 1. The topological polar surface area (TPSA) is 61.4 Å². The third-order valence-corrected chi connectivity index (χ3v) is 6.83. The van der Waals surface area contributed by atoms with E-state index in [0.29, 0.717) is 13.1 Å². The third-order valence-electron chi connectivity index (χ3n) is 6.83. The van der Waals surface area contributed by atoms with Crippen molar-refractivity contribution in [2.75, 3.05) is 31.1 Å². The normalized spacial score (nSPS) is 16.1. The van der Waals surface area contributed by atoms with E-state index in [-0.39, 0.29) is 12.1 Å². The second-order valence-corrected chi connectivity index (χ2v) is 9.33. The Balaban J connectivity index is 1.24. The van der Waals surface area contributed by atoms with Crippen LogP contribution >= 0.6 is 0 Å². The van der Waals surface area contributed by atoms with E-state index in [0.717, 1.165) is 42.1 Å². The van der Waals surface area contributed by atoms with Gasteiger partial charge in [0.2, 0.25) is 0 Å². The summed E-state index contributed by atoms with van der Waals surface area (Å²) in [7, 11) is 0. The summed E-state index contributed by atoms with van der Waals surface area (Å²) in [5, 5.41) is 3.14. The molecule has 0 unspecified atom stereocenters. The molecule has 0 saturated carbocycles. The molecule has 5 rings (SSSR count). The van der Waals surface area contributed by atoms with E-state index >= 15 is 0 Å². The molecule has 1 aliphatic carbocycles. The number of nitrogens with zero attached hydrogens (tertiary/aromatic N) is 4. The first-order valence-corrected chi connectivity index (χ1v) is 12.0. The highest BCUT2D eigenvalue weighted by Gasteiger charge is 2.27. The van der Waals surface area contributed by atoms with Crippen molar-refractivity contribution in [2.45, 2.75) is 33.2 Å². The molecule has 2 heterocycles. The number of allylic oxidation sites excluding steroid dienone is 1. The Bertz CT molecular complexity index is 1210. The molecule has 3 aromatic rings. The molecule has 1 aliphatic heterocycles. The maximum atomic E-state index is 12.9. The fourth-order valence-electron chi connectivity index (χ4n) is 4.66. The number of anilines is 1. The Kier molecular flexibility index (Phi) is 6.05. The zero-order chi connectivity index (χ0) is 23.7. The number of aryl methyl sites for hydroxylation is 2. The summed E-state index contributed by atoms with van der Waals surface area (Å²) in [6.45, 7) is 9.04. The molecule has 34 heavy (non-hydrogen) atoms. The Morgan fingerprint density at radius 1 is 0.912 bits per heavy atom. The van der Waals surface area contributed by atoms with Gasteiger partial charge in [0.05, 0.1) is 11.7 Å². The van der Waals surface area contributed by atoms with Crippen LogP contribution in [-0.4, -0.2) is 47.1 Å². The van der Waals surface area contributed by atoms with E-state index in [4.69, 9.17) is 0 Å². The number of carbonyl (C=O) groups is 1. The van der Waals surface area contributed by atoms with Crippen molar-refractivity contribution in [2.24, 2.45) is 0 Å². The zero-order valence-corrected chi connectivity index (χ0v) is 20.1. The maximum Gasteiger partial charge on any atom is 0.317 e. The highest BCUT2D eigenvalue weighted by molar-refractivity contribution is 5.91. The molecular formula is C28H31N5O. The van der Waals surface area contributed by atoms with Crippen LogP contribution in [0, 0.1) is 13.8 Å². The molecule has 2 aliphatic rings. The van der Waals surface area contributed by atoms with Gasteiger partial charge in [0.15, 0.2) is 0 Å². The smallest absolute Gasteiger partial charge is 0.317 e. The van der Waals surface area contributed by atoms with Gasteiger partial charge in [-0.15, -0.1) is 0 Å². The van der Waals surface area contributed by atoms with Crippen LogP contribution in [0.15, 0.2) is 54.9 Å². The second-order valence-electron chi connectivity index (χ2n) is 9.33. The van der Waals surface area contributed by atoms with Gasteiger partial charge in [0.1, 0.15) is 12.1 Å². The average Bonchev–Trinajstić information content (AvgIpc) is 3.29. The molecule has 0 radical (unpaired) electrons. The van der Waals surface area contributed by atoms with E-state index in [9.17, 15) is 4.79 Å². The third kappa shape index (κ3) is 4.53. The van der Waals surface area contributed by atoms with Gasteiger partial charge in [0, 0.05) is 38.2 Å².